The molecule has 0 heterocycles. The lowest BCUT2D eigenvalue weighted by atomic mass is 10.3. The van der Waals surface area contributed by atoms with Crippen LogP contribution in [0.4, 0.5) is 0 Å². The molecule has 0 aliphatic carbocycles. The molecule has 1 rings (SSSR count). The Balaban J connectivity index is 2.47. The van der Waals surface area contributed by atoms with Crippen molar-refractivity contribution in [3.05, 3.63) is 28.7 Å². The smallest absolute Gasteiger partial charge is 0.319 e. The van der Waals surface area contributed by atoms with Gasteiger partial charge in [0, 0.05) is 11.0 Å². The topological polar surface area (TPSA) is 65.1 Å². The van der Waals surface area contributed by atoms with E-state index in [2.05, 4.69) is 25.4 Å². The molecule has 0 saturated heterocycles. The molecule has 1 aromatic rings. The van der Waals surface area contributed by atoms with Gasteiger partial charge in [0.25, 0.3) is 0 Å². The van der Waals surface area contributed by atoms with E-state index in [1.165, 1.54) is 14.2 Å². The number of methoxy groups -OCH3 is 2. The summed E-state index contributed by atoms with van der Waals surface area (Å²) in [5.41, 5.74) is 0. The lowest BCUT2D eigenvalue weighted by Gasteiger charge is -2.19. The van der Waals surface area contributed by atoms with Crippen molar-refractivity contribution in [1.29, 1.82) is 0 Å². The maximum Gasteiger partial charge on any atom is 0.319 e. The van der Waals surface area contributed by atoms with Gasteiger partial charge >= 0.3 is 11.9 Å². The molecule has 21 heavy (non-hydrogen) atoms. The Labute approximate surface area is 132 Å². The highest BCUT2D eigenvalue weighted by Crippen LogP contribution is 2.17. The highest BCUT2D eigenvalue weighted by Gasteiger charge is 2.15. The van der Waals surface area contributed by atoms with Crippen LogP contribution in [0.3, 0.4) is 0 Å². The Morgan fingerprint density at radius 1 is 1.14 bits per heavy atom. The minimum Gasteiger partial charge on any atom is -0.492 e. The summed E-state index contributed by atoms with van der Waals surface area (Å²) in [6.45, 7) is 0.752. The van der Waals surface area contributed by atoms with Crippen molar-refractivity contribution in [3.63, 3.8) is 0 Å². The second-order valence-electron chi connectivity index (χ2n) is 4.17. The van der Waals surface area contributed by atoms with Crippen LogP contribution in [0.1, 0.15) is 0 Å². The minimum atomic E-state index is -0.415. The first-order valence-corrected chi connectivity index (χ1v) is 7.08. The summed E-state index contributed by atoms with van der Waals surface area (Å²) in [5.74, 6) is -0.122. The lowest BCUT2D eigenvalue weighted by molar-refractivity contribution is -0.145. The van der Waals surface area contributed by atoms with Gasteiger partial charge in [-0.1, -0.05) is 22.0 Å². The van der Waals surface area contributed by atoms with E-state index in [-0.39, 0.29) is 13.1 Å². The fourth-order valence-electron chi connectivity index (χ4n) is 1.56. The van der Waals surface area contributed by atoms with E-state index in [1.54, 1.807) is 4.90 Å². The number of carbonyl (C=O) groups excluding carboxylic acids is 2. The zero-order valence-corrected chi connectivity index (χ0v) is 13.6. The van der Waals surface area contributed by atoms with Crippen LogP contribution in [0, 0.1) is 0 Å². The first-order chi connectivity index (χ1) is 10.0. The predicted octanol–water partition coefficient (Wildman–Crippen LogP) is 1.48. The van der Waals surface area contributed by atoms with Crippen molar-refractivity contribution in [2.45, 2.75) is 0 Å². The van der Waals surface area contributed by atoms with Gasteiger partial charge in [-0.15, -0.1) is 0 Å². The molecule has 0 saturated carbocycles. The summed E-state index contributed by atoms with van der Waals surface area (Å²) >= 11 is 3.35. The average molecular weight is 360 g/mol. The third-order valence-corrected chi connectivity index (χ3v) is 3.13. The molecular weight excluding hydrogens is 342 g/mol. The number of halogens is 1. The third kappa shape index (κ3) is 7.10. The molecule has 0 radical (unpaired) electrons. The Kier molecular flexibility index (Phi) is 7.78. The quantitative estimate of drug-likeness (QED) is 0.655. The molecule has 116 valence electrons. The molecule has 0 aromatic heterocycles. The first kappa shape index (κ1) is 17.5. The van der Waals surface area contributed by atoms with Gasteiger partial charge in [0.15, 0.2) is 0 Å². The highest BCUT2D eigenvalue weighted by molar-refractivity contribution is 9.10. The van der Waals surface area contributed by atoms with Crippen LogP contribution >= 0.6 is 15.9 Å². The van der Waals surface area contributed by atoms with E-state index < -0.39 is 11.9 Å². The number of esters is 2. The number of carbonyl (C=O) groups is 2. The summed E-state index contributed by atoms with van der Waals surface area (Å²) in [6, 6.07) is 7.43. The molecule has 0 bridgehead atoms. The number of hydrogen-bond donors (Lipinski definition) is 0. The average Bonchev–Trinajstić information content (AvgIpc) is 2.46. The molecule has 0 fully saturated rings. The summed E-state index contributed by atoms with van der Waals surface area (Å²) in [4.78, 5) is 24.2. The Morgan fingerprint density at radius 3 is 2.29 bits per heavy atom. The zero-order chi connectivity index (χ0) is 15.7. The van der Waals surface area contributed by atoms with E-state index in [0.717, 1.165) is 4.47 Å². The van der Waals surface area contributed by atoms with Gasteiger partial charge in [-0.05, 0) is 18.2 Å². The van der Waals surface area contributed by atoms with E-state index in [0.29, 0.717) is 18.9 Å². The number of nitrogens with zero attached hydrogens (tertiary/aromatic N) is 1. The van der Waals surface area contributed by atoms with Gasteiger partial charge in [0.05, 0.1) is 27.3 Å². The highest BCUT2D eigenvalue weighted by atomic mass is 79.9. The number of ether oxygens (including phenoxy) is 3. The van der Waals surface area contributed by atoms with Crippen LogP contribution in [-0.4, -0.2) is 57.3 Å². The van der Waals surface area contributed by atoms with Crippen LogP contribution in [0.2, 0.25) is 0 Å². The van der Waals surface area contributed by atoms with Gasteiger partial charge < -0.3 is 14.2 Å². The summed E-state index contributed by atoms with van der Waals surface area (Å²) in [6.07, 6.45) is 0. The Bertz CT molecular complexity index is 462. The van der Waals surface area contributed by atoms with Gasteiger partial charge in [-0.2, -0.15) is 0 Å². The Morgan fingerprint density at radius 2 is 1.76 bits per heavy atom. The third-order valence-electron chi connectivity index (χ3n) is 2.63. The molecular formula is C14H18BrNO5. The van der Waals surface area contributed by atoms with Crippen molar-refractivity contribution in [3.8, 4) is 5.75 Å². The van der Waals surface area contributed by atoms with Crippen LogP contribution < -0.4 is 4.74 Å². The fourth-order valence-corrected chi connectivity index (χ4v) is 1.94. The number of benzene rings is 1. The van der Waals surface area contributed by atoms with Crippen molar-refractivity contribution in [1.82, 2.24) is 4.90 Å². The monoisotopic (exact) mass is 359 g/mol. The molecule has 0 aliphatic rings. The summed E-state index contributed by atoms with van der Waals surface area (Å²) < 4.78 is 15.7. The van der Waals surface area contributed by atoms with E-state index in [1.807, 2.05) is 24.3 Å². The molecule has 0 N–H and O–H groups in total. The van der Waals surface area contributed by atoms with Crippen LogP contribution in [0.15, 0.2) is 28.7 Å². The second-order valence-corrected chi connectivity index (χ2v) is 5.08. The Hall–Kier alpha value is -1.60. The summed E-state index contributed by atoms with van der Waals surface area (Å²) in [5, 5.41) is 0. The number of rotatable bonds is 8. The lowest BCUT2D eigenvalue weighted by Crippen LogP contribution is -2.38. The van der Waals surface area contributed by atoms with Crippen molar-refractivity contribution in [2.24, 2.45) is 0 Å². The molecule has 0 atom stereocenters. The van der Waals surface area contributed by atoms with Crippen molar-refractivity contribution >= 4 is 27.9 Å². The normalized spacial score (nSPS) is 10.3. The molecule has 0 aliphatic heterocycles. The van der Waals surface area contributed by atoms with Crippen LogP contribution in [0.5, 0.6) is 5.75 Å². The largest absolute Gasteiger partial charge is 0.492 e. The predicted molar refractivity (Wildman–Crippen MR) is 80.1 cm³/mol. The van der Waals surface area contributed by atoms with E-state index >= 15 is 0 Å². The second kappa shape index (κ2) is 9.36. The first-order valence-electron chi connectivity index (χ1n) is 6.29. The van der Waals surface area contributed by atoms with E-state index in [9.17, 15) is 9.59 Å². The maximum absolute atomic E-state index is 11.3. The maximum atomic E-state index is 11.3. The zero-order valence-electron chi connectivity index (χ0n) is 12.0. The fraction of sp³-hybridized carbons (Fsp3) is 0.429. The minimum absolute atomic E-state index is 0.00739. The van der Waals surface area contributed by atoms with Crippen molar-refractivity contribution in [2.75, 3.05) is 40.5 Å². The van der Waals surface area contributed by atoms with E-state index in [4.69, 9.17) is 4.74 Å². The van der Waals surface area contributed by atoms with Crippen molar-refractivity contribution < 1.29 is 23.8 Å². The molecule has 6 nitrogen and oxygen atoms in total. The van der Waals surface area contributed by atoms with Crippen LogP contribution in [-0.2, 0) is 19.1 Å². The number of hydrogen-bond acceptors (Lipinski definition) is 6. The standard InChI is InChI=1S/C14H18BrNO5/c1-19-13(17)9-16(10-14(18)20-2)6-7-21-12-5-3-4-11(15)8-12/h3-5,8H,6-7,9-10H2,1-2H3. The van der Waals surface area contributed by atoms with Gasteiger partial charge in [0.2, 0.25) is 0 Å². The molecule has 7 heteroatoms. The SMILES string of the molecule is COC(=O)CN(CCOc1cccc(Br)c1)CC(=O)OC. The van der Waals surface area contributed by atoms with Gasteiger partial charge in [0.1, 0.15) is 12.4 Å². The molecule has 0 spiro atoms. The van der Waals surface area contributed by atoms with Gasteiger partial charge in [-0.3, -0.25) is 14.5 Å². The molecule has 1 aromatic carbocycles. The van der Waals surface area contributed by atoms with Crippen LogP contribution in [0.25, 0.3) is 0 Å². The molecule has 0 amide bonds. The summed E-state index contributed by atoms with van der Waals surface area (Å²) in [7, 11) is 2.60. The molecule has 0 unspecified atom stereocenters. The van der Waals surface area contributed by atoms with Gasteiger partial charge in [-0.25, -0.2) is 0 Å².